The second-order valence-electron chi connectivity index (χ2n) is 3.45. The monoisotopic (exact) mass is 212 g/mol. The first-order valence-corrected chi connectivity index (χ1v) is 5.63. The van der Waals surface area contributed by atoms with E-state index in [1.54, 1.807) is 0 Å². The molecule has 0 aliphatic rings. The molecule has 1 aromatic rings. The minimum Gasteiger partial charge on any atom is -0.396 e. The van der Waals surface area contributed by atoms with Gasteiger partial charge in [0.25, 0.3) is 0 Å². The molecule has 0 heterocycles. The Morgan fingerprint density at radius 3 is 2.43 bits per heavy atom. The van der Waals surface area contributed by atoms with Crippen LogP contribution in [0.4, 0.5) is 0 Å². The van der Waals surface area contributed by atoms with Gasteiger partial charge in [-0.1, -0.05) is 30.3 Å². The van der Waals surface area contributed by atoms with Crippen molar-refractivity contribution in [2.75, 3.05) is 12.5 Å². The highest BCUT2D eigenvalue weighted by atomic mass is 35.5. The molecule has 0 radical (unpaired) electrons. The summed E-state index contributed by atoms with van der Waals surface area (Å²) in [6.45, 7) is 0.252. The third-order valence-electron chi connectivity index (χ3n) is 2.43. The Labute approximate surface area is 90.7 Å². The van der Waals surface area contributed by atoms with E-state index in [1.807, 2.05) is 18.2 Å². The topological polar surface area (TPSA) is 20.2 Å². The van der Waals surface area contributed by atoms with Gasteiger partial charge in [0.15, 0.2) is 0 Å². The minimum absolute atomic E-state index is 0.252. The van der Waals surface area contributed by atoms with E-state index >= 15 is 0 Å². The van der Waals surface area contributed by atoms with Crippen LogP contribution in [0.5, 0.6) is 0 Å². The molecule has 0 bridgehead atoms. The lowest BCUT2D eigenvalue weighted by molar-refractivity contribution is 0.272. The first kappa shape index (κ1) is 11.5. The van der Waals surface area contributed by atoms with Gasteiger partial charge in [-0.2, -0.15) is 0 Å². The molecule has 1 aromatic carbocycles. The second-order valence-corrected chi connectivity index (χ2v) is 3.83. The summed E-state index contributed by atoms with van der Waals surface area (Å²) in [6, 6.07) is 10.3. The van der Waals surface area contributed by atoms with Crippen molar-refractivity contribution >= 4 is 11.6 Å². The first-order chi connectivity index (χ1) is 6.88. The van der Waals surface area contributed by atoms with Crippen LogP contribution >= 0.6 is 11.6 Å². The van der Waals surface area contributed by atoms with Crippen LogP contribution in [0, 0.1) is 0 Å². The maximum Gasteiger partial charge on any atom is 0.0436 e. The van der Waals surface area contributed by atoms with E-state index in [2.05, 4.69) is 12.1 Å². The molecule has 1 unspecified atom stereocenters. The van der Waals surface area contributed by atoms with E-state index in [0.717, 1.165) is 19.3 Å². The Morgan fingerprint density at radius 2 is 1.86 bits per heavy atom. The third kappa shape index (κ3) is 3.69. The maximum atomic E-state index is 8.96. The van der Waals surface area contributed by atoms with Crippen molar-refractivity contribution in [3.63, 3.8) is 0 Å². The van der Waals surface area contributed by atoms with Gasteiger partial charge in [-0.05, 0) is 30.7 Å². The molecule has 14 heavy (non-hydrogen) atoms. The fraction of sp³-hybridized carbons (Fsp3) is 0.500. The summed E-state index contributed by atoms with van der Waals surface area (Å²) in [5.74, 6) is 1.16. The molecule has 0 fully saturated rings. The summed E-state index contributed by atoms with van der Waals surface area (Å²) < 4.78 is 0. The number of aliphatic hydroxyl groups is 1. The van der Waals surface area contributed by atoms with Crippen molar-refractivity contribution in [1.82, 2.24) is 0 Å². The molecular weight excluding hydrogens is 196 g/mol. The summed E-state index contributed by atoms with van der Waals surface area (Å²) in [6.07, 6.45) is 2.91. The highest BCUT2D eigenvalue weighted by Gasteiger charge is 2.09. The molecule has 1 N–H and O–H groups in total. The Kier molecular flexibility index (Phi) is 5.65. The number of rotatable bonds is 6. The zero-order valence-electron chi connectivity index (χ0n) is 8.32. The van der Waals surface area contributed by atoms with Crippen molar-refractivity contribution < 1.29 is 5.11 Å². The first-order valence-electron chi connectivity index (χ1n) is 5.10. The molecule has 0 saturated heterocycles. The summed E-state index contributed by atoms with van der Waals surface area (Å²) in [7, 11) is 0. The summed E-state index contributed by atoms with van der Waals surface area (Å²) in [5, 5.41) is 8.96. The SMILES string of the molecule is OCCC(CCCCl)c1ccccc1. The Bertz CT molecular complexity index is 235. The van der Waals surface area contributed by atoms with E-state index in [4.69, 9.17) is 16.7 Å². The van der Waals surface area contributed by atoms with Crippen LogP contribution in [0.3, 0.4) is 0 Å². The van der Waals surface area contributed by atoms with Crippen LogP contribution < -0.4 is 0 Å². The normalized spacial score (nSPS) is 12.7. The predicted molar refractivity (Wildman–Crippen MR) is 60.8 cm³/mol. The van der Waals surface area contributed by atoms with Crippen molar-refractivity contribution in [2.24, 2.45) is 0 Å². The molecule has 0 amide bonds. The maximum absolute atomic E-state index is 8.96. The predicted octanol–water partition coefficient (Wildman–Crippen LogP) is 3.17. The van der Waals surface area contributed by atoms with Crippen molar-refractivity contribution in [2.45, 2.75) is 25.2 Å². The van der Waals surface area contributed by atoms with Crippen LogP contribution in [0.15, 0.2) is 30.3 Å². The lowest BCUT2D eigenvalue weighted by Gasteiger charge is -2.15. The Balaban J connectivity index is 2.58. The summed E-state index contributed by atoms with van der Waals surface area (Å²) in [4.78, 5) is 0. The molecule has 1 nitrogen and oxygen atoms in total. The summed E-state index contributed by atoms with van der Waals surface area (Å²) in [5.41, 5.74) is 1.31. The van der Waals surface area contributed by atoms with Crippen LogP contribution in [0.25, 0.3) is 0 Å². The average molecular weight is 213 g/mol. The quantitative estimate of drug-likeness (QED) is 0.719. The zero-order valence-corrected chi connectivity index (χ0v) is 9.08. The van der Waals surface area contributed by atoms with Crippen LogP contribution in [0.2, 0.25) is 0 Å². The molecule has 1 rings (SSSR count). The molecule has 0 aromatic heterocycles. The lowest BCUT2D eigenvalue weighted by atomic mass is 9.92. The van der Waals surface area contributed by atoms with E-state index in [1.165, 1.54) is 5.56 Å². The lowest BCUT2D eigenvalue weighted by Crippen LogP contribution is -2.02. The molecule has 0 aliphatic heterocycles. The van der Waals surface area contributed by atoms with Crippen molar-refractivity contribution in [3.8, 4) is 0 Å². The summed E-state index contributed by atoms with van der Waals surface area (Å²) >= 11 is 5.67. The minimum atomic E-state index is 0.252. The highest BCUT2D eigenvalue weighted by Crippen LogP contribution is 2.24. The van der Waals surface area contributed by atoms with Gasteiger partial charge in [0.2, 0.25) is 0 Å². The van der Waals surface area contributed by atoms with Crippen molar-refractivity contribution in [1.29, 1.82) is 0 Å². The average Bonchev–Trinajstić information content (AvgIpc) is 2.25. The van der Waals surface area contributed by atoms with Crippen LogP contribution in [-0.2, 0) is 0 Å². The zero-order chi connectivity index (χ0) is 10.2. The Hall–Kier alpha value is -0.530. The van der Waals surface area contributed by atoms with Gasteiger partial charge >= 0.3 is 0 Å². The molecule has 78 valence electrons. The smallest absolute Gasteiger partial charge is 0.0436 e. The van der Waals surface area contributed by atoms with Gasteiger partial charge in [0.05, 0.1) is 0 Å². The molecule has 2 heteroatoms. The largest absolute Gasteiger partial charge is 0.396 e. The van der Waals surface area contributed by atoms with E-state index in [-0.39, 0.29) is 6.61 Å². The molecular formula is C12H17ClO. The third-order valence-corrected chi connectivity index (χ3v) is 2.70. The number of benzene rings is 1. The number of hydrogen-bond acceptors (Lipinski definition) is 1. The molecule has 0 saturated carbocycles. The van der Waals surface area contributed by atoms with Gasteiger partial charge in [-0.3, -0.25) is 0 Å². The van der Waals surface area contributed by atoms with Gasteiger partial charge < -0.3 is 5.11 Å². The van der Waals surface area contributed by atoms with Crippen LogP contribution in [0.1, 0.15) is 30.7 Å². The van der Waals surface area contributed by atoms with E-state index in [9.17, 15) is 0 Å². The van der Waals surface area contributed by atoms with Gasteiger partial charge in [-0.25, -0.2) is 0 Å². The highest BCUT2D eigenvalue weighted by molar-refractivity contribution is 6.17. The standard InChI is InChI=1S/C12H17ClO/c13-9-4-7-12(8-10-14)11-5-2-1-3-6-11/h1-3,5-6,12,14H,4,7-10H2. The molecule has 0 aliphatic carbocycles. The second kappa shape index (κ2) is 6.86. The van der Waals surface area contributed by atoms with E-state index in [0.29, 0.717) is 11.8 Å². The van der Waals surface area contributed by atoms with Gasteiger partial charge in [0, 0.05) is 12.5 Å². The number of hydrogen-bond donors (Lipinski definition) is 1. The van der Waals surface area contributed by atoms with Gasteiger partial charge in [-0.15, -0.1) is 11.6 Å². The fourth-order valence-corrected chi connectivity index (χ4v) is 1.84. The molecule has 0 spiro atoms. The van der Waals surface area contributed by atoms with Crippen LogP contribution in [-0.4, -0.2) is 17.6 Å². The number of halogens is 1. The van der Waals surface area contributed by atoms with E-state index < -0.39 is 0 Å². The Morgan fingerprint density at radius 1 is 1.14 bits per heavy atom. The van der Waals surface area contributed by atoms with Gasteiger partial charge in [0.1, 0.15) is 0 Å². The molecule has 1 atom stereocenters. The number of aliphatic hydroxyl groups excluding tert-OH is 1. The van der Waals surface area contributed by atoms with Crippen molar-refractivity contribution in [3.05, 3.63) is 35.9 Å². The fourth-order valence-electron chi connectivity index (χ4n) is 1.68. The number of alkyl halides is 1.